The molecule has 0 saturated carbocycles. The summed E-state index contributed by atoms with van der Waals surface area (Å²) in [6.07, 6.45) is 0. The molecule has 0 aliphatic rings. The Balaban J connectivity index is 2.99. The molecule has 0 spiro atoms. The molecule has 3 heteroatoms. The molecule has 1 rings (SSSR count). The highest BCUT2D eigenvalue weighted by atomic mass is 16.5. The fourth-order valence-corrected chi connectivity index (χ4v) is 1.14. The summed E-state index contributed by atoms with van der Waals surface area (Å²) in [5, 5.41) is 0. The number of amides is 1. The predicted molar refractivity (Wildman–Crippen MR) is 59.8 cm³/mol. The molecule has 0 aliphatic heterocycles. The molecule has 15 heavy (non-hydrogen) atoms. The van der Waals surface area contributed by atoms with Gasteiger partial charge in [0.2, 0.25) is 0 Å². The van der Waals surface area contributed by atoms with Crippen LogP contribution in [0, 0.1) is 13.8 Å². The summed E-state index contributed by atoms with van der Waals surface area (Å²) in [6.45, 7) is 7.24. The molecule has 1 aromatic rings. The van der Waals surface area contributed by atoms with E-state index in [1.807, 2.05) is 32.0 Å². The van der Waals surface area contributed by atoms with Crippen LogP contribution in [-0.2, 0) is 4.79 Å². The topological polar surface area (TPSA) is 52.3 Å². The zero-order chi connectivity index (χ0) is 11.6. The first kappa shape index (κ1) is 11.6. The summed E-state index contributed by atoms with van der Waals surface area (Å²) in [5.41, 5.74) is 6.36. The van der Waals surface area contributed by atoms with Gasteiger partial charge in [0.1, 0.15) is 5.75 Å². The van der Waals surface area contributed by atoms with Crippen LogP contribution in [0.15, 0.2) is 18.2 Å². The first-order valence-electron chi connectivity index (χ1n) is 4.89. The normalized spacial score (nSPS) is 11.2. The average molecular weight is 207 g/mol. The van der Waals surface area contributed by atoms with Gasteiger partial charge in [-0.05, 0) is 44.9 Å². The molecule has 0 atom stereocenters. The Morgan fingerprint density at radius 2 is 1.93 bits per heavy atom. The van der Waals surface area contributed by atoms with E-state index in [0.717, 1.165) is 11.1 Å². The first-order chi connectivity index (χ1) is 6.83. The van der Waals surface area contributed by atoms with Gasteiger partial charge in [-0.3, -0.25) is 4.79 Å². The van der Waals surface area contributed by atoms with E-state index in [1.54, 1.807) is 13.8 Å². The number of hydrogen-bond acceptors (Lipinski definition) is 2. The molecule has 0 saturated heterocycles. The number of benzene rings is 1. The fourth-order valence-electron chi connectivity index (χ4n) is 1.14. The number of ether oxygens (including phenoxy) is 1. The van der Waals surface area contributed by atoms with Gasteiger partial charge in [-0.2, -0.15) is 0 Å². The summed E-state index contributed by atoms with van der Waals surface area (Å²) in [7, 11) is 0. The van der Waals surface area contributed by atoms with Crippen molar-refractivity contribution >= 4 is 5.91 Å². The van der Waals surface area contributed by atoms with Crippen molar-refractivity contribution in [2.75, 3.05) is 0 Å². The van der Waals surface area contributed by atoms with E-state index in [2.05, 4.69) is 0 Å². The molecule has 0 aliphatic carbocycles. The molecular formula is C12H17NO2. The summed E-state index contributed by atoms with van der Waals surface area (Å²) >= 11 is 0. The van der Waals surface area contributed by atoms with Crippen LogP contribution in [0.5, 0.6) is 5.75 Å². The van der Waals surface area contributed by atoms with E-state index < -0.39 is 11.5 Å². The third-order valence-corrected chi connectivity index (χ3v) is 2.30. The van der Waals surface area contributed by atoms with Crippen LogP contribution in [0.4, 0.5) is 0 Å². The minimum absolute atomic E-state index is 0.469. The lowest BCUT2D eigenvalue weighted by Gasteiger charge is -2.24. The largest absolute Gasteiger partial charge is 0.478 e. The van der Waals surface area contributed by atoms with Gasteiger partial charge >= 0.3 is 0 Å². The number of carbonyl (C=O) groups is 1. The van der Waals surface area contributed by atoms with Crippen molar-refractivity contribution in [3.63, 3.8) is 0 Å². The minimum atomic E-state index is -0.974. The molecule has 82 valence electrons. The van der Waals surface area contributed by atoms with E-state index in [0.29, 0.717) is 5.75 Å². The molecule has 0 bridgehead atoms. The molecule has 0 fully saturated rings. The van der Waals surface area contributed by atoms with E-state index in [4.69, 9.17) is 10.5 Å². The Hall–Kier alpha value is -1.51. The van der Waals surface area contributed by atoms with Crippen molar-refractivity contribution in [3.05, 3.63) is 29.3 Å². The molecule has 0 unspecified atom stereocenters. The van der Waals surface area contributed by atoms with E-state index in [-0.39, 0.29) is 0 Å². The van der Waals surface area contributed by atoms with Gasteiger partial charge in [-0.15, -0.1) is 0 Å². The second kappa shape index (κ2) is 3.93. The van der Waals surface area contributed by atoms with Crippen LogP contribution in [-0.4, -0.2) is 11.5 Å². The SMILES string of the molecule is Cc1ccc(C)c(OC(C)(C)C(N)=O)c1. The van der Waals surface area contributed by atoms with Crippen molar-refractivity contribution < 1.29 is 9.53 Å². The van der Waals surface area contributed by atoms with Crippen molar-refractivity contribution in [2.45, 2.75) is 33.3 Å². The Bertz CT molecular complexity index is 383. The van der Waals surface area contributed by atoms with Gasteiger partial charge < -0.3 is 10.5 Å². The molecular weight excluding hydrogens is 190 g/mol. The monoisotopic (exact) mass is 207 g/mol. The Morgan fingerprint density at radius 1 is 1.33 bits per heavy atom. The molecule has 3 nitrogen and oxygen atoms in total. The quantitative estimate of drug-likeness (QED) is 0.823. The third kappa shape index (κ3) is 2.72. The summed E-state index contributed by atoms with van der Waals surface area (Å²) < 4.78 is 5.60. The van der Waals surface area contributed by atoms with Gasteiger partial charge in [0, 0.05) is 0 Å². The maximum Gasteiger partial charge on any atom is 0.261 e. The molecule has 0 heterocycles. The molecule has 0 radical (unpaired) electrons. The van der Waals surface area contributed by atoms with Crippen molar-refractivity contribution in [2.24, 2.45) is 5.73 Å². The Labute approximate surface area is 90.2 Å². The van der Waals surface area contributed by atoms with Crippen LogP contribution < -0.4 is 10.5 Å². The number of nitrogens with two attached hydrogens (primary N) is 1. The highest BCUT2D eigenvalue weighted by Crippen LogP contribution is 2.23. The maximum absolute atomic E-state index is 11.1. The second-order valence-electron chi connectivity index (χ2n) is 4.25. The van der Waals surface area contributed by atoms with Gasteiger partial charge in [0.05, 0.1) is 0 Å². The lowest BCUT2D eigenvalue weighted by Crippen LogP contribution is -2.43. The average Bonchev–Trinajstić information content (AvgIpc) is 2.10. The Kier molecular flexibility index (Phi) is 3.03. The van der Waals surface area contributed by atoms with Crippen LogP contribution >= 0.6 is 0 Å². The number of aryl methyl sites for hydroxylation is 2. The lowest BCUT2D eigenvalue weighted by atomic mass is 10.1. The van der Waals surface area contributed by atoms with Crippen molar-refractivity contribution in [1.82, 2.24) is 0 Å². The lowest BCUT2D eigenvalue weighted by molar-refractivity contribution is -0.130. The van der Waals surface area contributed by atoms with E-state index >= 15 is 0 Å². The predicted octanol–water partition coefficient (Wildman–Crippen LogP) is 1.95. The smallest absolute Gasteiger partial charge is 0.261 e. The first-order valence-corrected chi connectivity index (χ1v) is 4.89. The maximum atomic E-state index is 11.1. The van der Waals surface area contributed by atoms with Crippen LogP contribution in [0.1, 0.15) is 25.0 Å². The van der Waals surface area contributed by atoms with Gasteiger partial charge in [-0.25, -0.2) is 0 Å². The van der Waals surface area contributed by atoms with Crippen LogP contribution in [0.25, 0.3) is 0 Å². The Morgan fingerprint density at radius 3 is 2.47 bits per heavy atom. The number of primary amides is 1. The van der Waals surface area contributed by atoms with Crippen molar-refractivity contribution in [3.8, 4) is 5.75 Å². The second-order valence-corrected chi connectivity index (χ2v) is 4.25. The summed E-state index contributed by atoms with van der Waals surface area (Å²) in [5.74, 6) is 0.238. The van der Waals surface area contributed by atoms with E-state index in [9.17, 15) is 4.79 Å². The van der Waals surface area contributed by atoms with E-state index in [1.165, 1.54) is 0 Å². The molecule has 0 aromatic heterocycles. The zero-order valence-electron chi connectivity index (χ0n) is 9.63. The van der Waals surface area contributed by atoms with Crippen LogP contribution in [0.3, 0.4) is 0 Å². The summed E-state index contributed by atoms with van der Waals surface area (Å²) in [4.78, 5) is 11.1. The number of rotatable bonds is 3. The molecule has 1 amide bonds. The summed E-state index contributed by atoms with van der Waals surface area (Å²) in [6, 6.07) is 5.86. The minimum Gasteiger partial charge on any atom is -0.478 e. The molecule has 2 N–H and O–H groups in total. The zero-order valence-corrected chi connectivity index (χ0v) is 9.63. The number of carbonyl (C=O) groups excluding carboxylic acids is 1. The molecule has 1 aromatic carbocycles. The standard InChI is InChI=1S/C12H17NO2/c1-8-5-6-9(2)10(7-8)15-12(3,4)11(13)14/h5-7H,1-4H3,(H2,13,14). The van der Waals surface area contributed by atoms with Gasteiger partial charge in [0.25, 0.3) is 5.91 Å². The van der Waals surface area contributed by atoms with Gasteiger partial charge in [0.15, 0.2) is 5.60 Å². The highest BCUT2D eigenvalue weighted by molar-refractivity contribution is 5.82. The number of hydrogen-bond donors (Lipinski definition) is 1. The van der Waals surface area contributed by atoms with Gasteiger partial charge in [-0.1, -0.05) is 12.1 Å². The third-order valence-electron chi connectivity index (χ3n) is 2.30. The van der Waals surface area contributed by atoms with Crippen LogP contribution in [0.2, 0.25) is 0 Å². The highest BCUT2D eigenvalue weighted by Gasteiger charge is 2.27. The fraction of sp³-hybridized carbons (Fsp3) is 0.417. The van der Waals surface area contributed by atoms with Crippen molar-refractivity contribution in [1.29, 1.82) is 0 Å².